The number of nitrogens with zero attached hydrogens (tertiary/aromatic N) is 2. The molecule has 3 rings (SSSR count). The molecule has 0 spiro atoms. The van der Waals surface area contributed by atoms with E-state index in [1.807, 2.05) is 17.0 Å². The zero-order valence-electron chi connectivity index (χ0n) is 17.0. The number of aromatic nitrogens is 1. The van der Waals surface area contributed by atoms with Crippen LogP contribution in [0.5, 0.6) is 0 Å². The van der Waals surface area contributed by atoms with Crippen molar-refractivity contribution in [2.75, 3.05) is 46.0 Å². The van der Waals surface area contributed by atoms with Gasteiger partial charge in [-0.3, -0.25) is 19.5 Å². The van der Waals surface area contributed by atoms with Crippen LogP contribution < -0.4 is 10.6 Å². The van der Waals surface area contributed by atoms with Gasteiger partial charge in [-0.15, -0.1) is 0 Å². The fourth-order valence-electron chi connectivity index (χ4n) is 3.48. The van der Waals surface area contributed by atoms with Crippen molar-refractivity contribution in [3.63, 3.8) is 0 Å². The molecular weight excluding hydrogens is 388 g/mol. The Bertz CT molecular complexity index is 709. The van der Waals surface area contributed by atoms with Crippen molar-refractivity contribution in [3.05, 3.63) is 42.2 Å². The lowest BCUT2D eigenvalue weighted by molar-refractivity contribution is -0.129. The largest absolute Gasteiger partial charge is 0.394 e. The molecule has 0 unspecified atom stereocenters. The van der Waals surface area contributed by atoms with E-state index in [9.17, 15) is 14.7 Å². The van der Waals surface area contributed by atoms with Crippen molar-refractivity contribution in [3.8, 4) is 0 Å². The minimum atomic E-state index is -0.585. The molecule has 1 fully saturated rings. The Hall–Kier alpha value is -2.33. The number of morpholine rings is 1. The summed E-state index contributed by atoms with van der Waals surface area (Å²) < 4.78 is 11.1. The molecule has 0 aromatic carbocycles. The molecule has 9 heteroatoms. The summed E-state index contributed by atoms with van der Waals surface area (Å²) in [5, 5.41) is 15.4. The standard InChI is InChI=1S/C21H30N4O5/c26-15-19-18(24-21(28)14-25-9-11-29-12-10-25)2-1-17(30-19)13-20(27)23-8-5-16-3-6-22-7-4-16/h1-4,6-7,17-19,26H,5,8-15H2,(H,23,27)(H,24,28)/t17-,18+,19+/m0/s1. The molecule has 2 aliphatic rings. The van der Waals surface area contributed by atoms with Crippen molar-refractivity contribution >= 4 is 11.8 Å². The smallest absolute Gasteiger partial charge is 0.234 e. The molecule has 3 heterocycles. The van der Waals surface area contributed by atoms with Crippen molar-refractivity contribution in [2.45, 2.75) is 31.1 Å². The number of carbonyl (C=O) groups is 2. The minimum Gasteiger partial charge on any atom is -0.394 e. The molecule has 0 saturated carbocycles. The lowest BCUT2D eigenvalue weighted by Crippen LogP contribution is -2.52. The second kappa shape index (κ2) is 11.8. The molecule has 1 saturated heterocycles. The van der Waals surface area contributed by atoms with E-state index in [0.29, 0.717) is 19.8 Å². The van der Waals surface area contributed by atoms with Crippen molar-refractivity contribution < 1.29 is 24.2 Å². The third kappa shape index (κ3) is 7.17. The van der Waals surface area contributed by atoms with Crippen LogP contribution in [0, 0.1) is 0 Å². The zero-order valence-corrected chi connectivity index (χ0v) is 17.0. The number of pyridine rings is 1. The SMILES string of the molecule is O=C(C[C@@H]1C=C[C@@H](NC(=O)CN2CCOCC2)[C@@H](CO)O1)NCCc1ccncc1. The number of aliphatic hydroxyl groups is 1. The van der Waals surface area contributed by atoms with Crippen LogP contribution in [-0.4, -0.2) is 91.1 Å². The highest BCUT2D eigenvalue weighted by atomic mass is 16.5. The molecule has 1 aromatic heterocycles. The molecular formula is C21H30N4O5. The molecule has 2 aliphatic heterocycles. The molecule has 0 bridgehead atoms. The minimum absolute atomic E-state index is 0.120. The maximum absolute atomic E-state index is 12.3. The molecule has 9 nitrogen and oxygen atoms in total. The summed E-state index contributed by atoms with van der Waals surface area (Å²) in [6.07, 6.45) is 6.90. The predicted molar refractivity (Wildman–Crippen MR) is 110 cm³/mol. The number of hydrogen-bond acceptors (Lipinski definition) is 7. The summed E-state index contributed by atoms with van der Waals surface area (Å²) >= 11 is 0. The maximum atomic E-state index is 12.3. The van der Waals surface area contributed by atoms with Crippen LogP contribution in [0.1, 0.15) is 12.0 Å². The van der Waals surface area contributed by atoms with Crippen LogP contribution in [0.3, 0.4) is 0 Å². The van der Waals surface area contributed by atoms with Crippen molar-refractivity contribution in [1.29, 1.82) is 0 Å². The average molecular weight is 418 g/mol. The Labute approximate surface area is 176 Å². The quantitative estimate of drug-likeness (QED) is 0.453. The highest BCUT2D eigenvalue weighted by molar-refractivity contribution is 5.79. The van der Waals surface area contributed by atoms with Crippen LogP contribution in [0.4, 0.5) is 0 Å². The van der Waals surface area contributed by atoms with Gasteiger partial charge in [0.2, 0.25) is 11.8 Å². The molecule has 30 heavy (non-hydrogen) atoms. The van der Waals surface area contributed by atoms with Gasteiger partial charge in [0.25, 0.3) is 0 Å². The molecule has 164 valence electrons. The van der Waals surface area contributed by atoms with Gasteiger partial charge >= 0.3 is 0 Å². The Balaban J connectivity index is 1.41. The first-order valence-electron chi connectivity index (χ1n) is 10.3. The van der Waals surface area contributed by atoms with Gasteiger partial charge in [0.05, 0.1) is 44.9 Å². The highest BCUT2D eigenvalue weighted by Gasteiger charge is 2.29. The van der Waals surface area contributed by atoms with E-state index >= 15 is 0 Å². The van der Waals surface area contributed by atoms with E-state index in [1.54, 1.807) is 24.5 Å². The van der Waals surface area contributed by atoms with Gasteiger partial charge in [0.1, 0.15) is 6.10 Å². The van der Waals surface area contributed by atoms with Gasteiger partial charge in [-0.1, -0.05) is 12.2 Å². The number of aliphatic hydroxyl groups excluding tert-OH is 1. The zero-order chi connectivity index (χ0) is 21.2. The normalized spacial score (nSPS) is 24.4. The fraction of sp³-hybridized carbons (Fsp3) is 0.571. The third-order valence-electron chi connectivity index (χ3n) is 5.13. The Morgan fingerprint density at radius 3 is 2.67 bits per heavy atom. The predicted octanol–water partition coefficient (Wildman–Crippen LogP) is -0.737. The number of nitrogens with one attached hydrogen (secondary N) is 2. The van der Waals surface area contributed by atoms with E-state index in [1.165, 1.54) is 0 Å². The number of amides is 2. The van der Waals surface area contributed by atoms with Crippen LogP contribution in [-0.2, 0) is 25.5 Å². The lowest BCUT2D eigenvalue weighted by atomic mass is 10.0. The van der Waals surface area contributed by atoms with Gasteiger partial charge < -0.3 is 25.2 Å². The molecule has 3 atom stereocenters. The molecule has 3 N–H and O–H groups in total. The summed E-state index contributed by atoms with van der Waals surface area (Å²) in [5.74, 6) is -0.244. The Morgan fingerprint density at radius 2 is 1.93 bits per heavy atom. The Morgan fingerprint density at radius 1 is 1.17 bits per heavy atom. The molecule has 0 radical (unpaired) electrons. The van der Waals surface area contributed by atoms with Crippen LogP contribution in [0.15, 0.2) is 36.7 Å². The number of rotatable bonds is 9. The fourth-order valence-corrected chi connectivity index (χ4v) is 3.48. The lowest BCUT2D eigenvalue weighted by Gasteiger charge is -2.32. The number of hydrogen-bond donors (Lipinski definition) is 3. The van der Waals surface area contributed by atoms with E-state index in [2.05, 4.69) is 15.6 Å². The summed E-state index contributed by atoms with van der Waals surface area (Å²) in [5.41, 5.74) is 1.11. The summed E-state index contributed by atoms with van der Waals surface area (Å²) in [6, 6.07) is 3.41. The highest BCUT2D eigenvalue weighted by Crippen LogP contribution is 2.16. The van der Waals surface area contributed by atoms with E-state index in [-0.39, 0.29) is 31.4 Å². The first-order chi connectivity index (χ1) is 14.6. The summed E-state index contributed by atoms with van der Waals surface area (Å²) in [7, 11) is 0. The Kier molecular flexibility index (Phi) is 8.76. The summed E-state index contributed by atoms with van der Waals surface area (Å²) in [4.78, 5) is 30.5. The molecule has 2 amide bonds. The second-order valence-electron chi connectivity index (χ2n) is 7.42. The van der Waals surface area contributed by atoms with E-state index < -0.39 is 18.2 Å². The van der Waals surface area contributed by atoms with Crippen LogP contribution in [0.25, 0.3) is 0 Å². The molecule has 1 aromatic rings. The second-order valence-corrected chi connectivity index (χ2v) is 7.42. The topological polar surface area (TPSA) is 113 Å². The van der Waals surface area contributed by atoms with Gasteiger partial charge in [0.15, 0.2) is 0 Å². The summed E-state index contributed by atoms with van der Waals surface area (Å²) in [6.45, 7) is 3.29. The van der Waals surface area contributed by atoms with E-state index in [0.717, 1.165) is 25.1 Å². The average Bonchev–Trinajstić information content (AvgIpc) is 2.76. The van der Waals surface area contributed by atoms with E-state index in [4.69, 9.17) is 9.47 Å². The third-order valence-corrected chi connectivity index (χ3v) is 5.13. The number of ether oxygens (including phenoxy) is 2. The van der Waals surface area contributed by atoms with Crippen molar-refractivity contribution in [2.24, 2.45) is 0 Å². The van der Waals surface area contributed by atoms with Gasteiger partial charge in [-0.25, -0.2) is 0 Å². The van der Waals surface area contributed by atoms with Crippen LogP contribution in [0.2, 0.25) is 0 Å². The van der Waals surface area contributed by atoms with Gasteiger partial charge in [0, 0.05) is 32.0 Å². The first-order valence-corrected chi connectivity index (χ1v) is 10.3. The first kappa shape index (κ1) is 22.4. The number of carbonyl (C=O) groups excluding carboxylic acids is 2. The van der Waals surface area contributed by atoms with Gasteiger partial charge in [-0.05, 0) is 24.1 Å². The monoisotopic (exact) mass is 418 g/mol. The van der Waals surface area contributed by atoms with Gasteiger partial charge in [-0.2, -0.15) is 0 Å². The molecule has 0 aliphatic carbocycles. The maximum Gasteiger partial charge on any atom is 0.234 e. The van der Waals surface area contributed by atoms with Crippen LogP contribution >= 0.6 is 0 Å². The van der Waals surface area contributed by atoms with Crippen molar-refractivity contribution in [1.82, 2.24) is 20.5 Å².